The first-order valence-electron chi connectivity index (χ1n) is 6.08. The van der Waals surface area contributed by atoms with Crippen LogP contribution in [0.25, 0.3) is 0 Å². The summed E-state index contributed by atoms with van der Waals surface area (Å²) in [4.78, 5) is 16.0. The van der Waals surface area contributed by atoms with Gasteiger partial charge in [-0.2, -0.15) is 0 Å². The lowest BCUT2D eigenvalue weighted by molar-refractivity contribution is 0.101. The topological polar surface area (TPSA) is 79.9 Å². The number of ether oxygens (including phenoxy) is 1. The summed E-state index contributed by atoms with van der Waals surface area (Å²) in [6.45, 7) is 3.88. The van der Waals surface area contributed by atoms with Gasteiger partial charge in [-0.15, -0.1) is 5.10 Å². The summed E-state index contributed by atoms with van der Waals surface area (Å²) in [5.74, 6) is -0.0910. The van der Waals surface area contributed by atoms with E-state index in [0.29, 0.717) is 11.5 Å². The number of methoxy groups -OCH3 is 1. The summed E-state index contributed by atoms with van der Waals surface area (Å²) in [5, 5.41) is 9.12. The summed E-state index contributed by atoms with van der Waals surface area (Å²) in [5.41, 5.74) is 0.407. The number of halogens is 1. The predicted octanol–water partition coefficient (Wildman–Crippen LogP) is 2.33. The first-order chi connectivity index (χ1) is 9.51. The number of nitrogens with one attached hydrogen (secondary N) is 2. The van der Waals surface area contributed by atoms with Gasteiger partial charge in [0.25, 0.3) is 5.91 Å². The molecule has 1 aromatic heterocycles. The summed E-state index contributed by atoms with van der Waals surface area (Å²) in [7, 11) is 1.36. The van der Waals surface area contributed by atoms with Crippen LogP contribution in [0.1, 0.15) is 36.2 Å². The molecule has 2 aromatic rings. The Morgan fingerprint density at radius 1 is 1.45 bits per heavy atom. The van der Waals surface area contributed by atoms with Crippen molar-refractivity contribution < 1.29 is 13.9 Å². The van der Waals surface area contributed by atoms with Gasteiger partial charge in [0.1, 0.15) is 5.82 Å². The van der Waals surface area contributed by atoms with Crippen LogP contribution >= 0.6 is 0 Å². The molecule has 0 fully saturated rings. The van der Waals surface area contributed by atoms with E-state index >= 15 is 0 Å². The zero-order chi connectivity index (χ0) is 14.7. The van der Waals surface area contributed by atoms with Gasteiger partial charge in [0.05, 0.1) is 7.11 Å². The maximum absolute atomic E-state index is 13.3. The van der Waals surface area contributed by atoms with E-state index in [1.807, 2.05) is 13.8 Å². The van der Waals surface area contributed by atoms with Crippen molar-refractivity contribution in [3.8, 4) is 5.75 Å². The van der Waals surface area contributed by atoms with Crippen LogP contribution in [0.4, 0.5) is 10.1 Å². The Hall–Kier alpha value is -2.44. The molecular formula is C13H15FN4O2. The number of H-pyrrole nitrogens is 1. The van der Waals surface area contributed by atoms with E-state index in [1.54, 1.807) is 0 Å². The third kappa shape index (κ3) is 2.93. The number of anilines is 1. The number of hydrogen-bond acceptors (Lipinski definition) is 4. The van der Waals surface area contributed by atoms with Crippen molar-refractivity contribution in [1.29, 1.82) is 0 Å². The van der Waals surface area contributed by atoms with Gasteiger partial charge in [-0.1, -0.05) is 13.8 Å². The minimum atomic E-state index is -0.495. The van der Waals surface area contributed by atoms with E-state index in [4.69, 9.17) is 4.74 Å². The van der Waals surface area contributed by atoms with Crippen LogP contribution in [0.2, 0.25) is 0 Å². The summed E-state index contributed by atoms with van der Waals surface area (Å²) < 4.78 is 18.1. The molecule has 2 rings (SSSR count). The Balaban J connectivity index is 2.14. The number of carbonyl (C=O) groups is 1. The van der Waals surface area contributed by atoms with Crippen molar-refractivity contribution in [2.24, 2.45) is 0 Å². The van der Waals surface area contributed by atoms with Crippen LogP contribution in [-0.4, -0.2) is 28.2 Å². The molecule has 2 N–H and O–H groups in total. The molecule has 0 saturated carbocycles. The van der Waals surface area contributed by atoms with E-state index in [-0.39, 0.29) is 17.5 Å². The van der Waals surface area contributed by atoms with E-state index in [0.717, 1.165) is 0 Å². The molecule has 6 nitrogen and oxygen atoms in total. The number of aromatic amines is 1. The van der Waals surface area contributed by atoms with Crippen molar-refractivity contribution in [1.82, 2.24) is 15.2 Å². The predicted molar refractivity (Wildman–Crippen MR) is 71.4 cm³/mol. The molecule has 20 heavy (non-hydrogen) atoms. The van der Waals surface area contributed by atoms with Crippen LogP contribution in [0, 0.1) is 5.82 Å². The number of nitrogens with zero attached hydrogens (tertiary/aromatic N) is 2. The van der Waals surface area contributed by atoms with E-state index in [9.17, 15) is 9.18 Å². The number of rotatable bonds is 4. The Morgan fingerprint density at radius 3 is 2.80 bits per heavy atom. The molecule has 1 heterocycles. The standard InChI is InChI=1S/C13H15FN4O2/c1-7(2)11-16-12(18-17-11)13(19)15-8-4-5-9(14)10(6-8)20-3/h4-7H,1-3H3,(H,15,19)(H,16,17,18). The van der Waals surface area contributed by atoms with Crippen LogP contribution in [-0.2, 0) is 0 Å². The molecule has 1 amide bonds. The quantitative estimate of drug-likeness (QED) is 0.899. The molecule has 0 radical (unpaired) electrons. The second-order valence-electron chi connectivity index (χ2n) is 4.50. The molecule has 0 unspecified atom stereocenters. The number of carbonyl (C=O) groups excluding carboxylic acids is 1. The van der Waals surface area contributed by atoms with Gasteiger partial charge in [-0.25, -0.2) is 9.37 Å². The third-order valence-electron chi connectivity index (χ3n) is 2.66. The zero-order valence-electron chi connectivity index (χ0n) is 11.4. The lowest BCUT2D eigenvalue weighted by Gasteiger charge is -2.06. The maximum Gasteiger partial charge on any atom is 0.295 e. The SMILES string of the molecule is COc1cc(NC(=O)c2n[nH]c(C(C)C)n2)ccc1F. The van der Waals surface area contributed by atoms with Crippen LogP contribution in [0.15, 0.2) is 18.2 Å². The molecule has 0 saturated heterocycles. The normalized spacial score (nSPS) is 10.7. The molecule has 1 aromatic carbocycles. The lowest BCUT2D eigenvalue weighted by Crippen LogP contribution is -2.14. The van der Waals surface area contributed by atoms with Gasteiger partial charge < -0.3 is 10.1 Å². The molecule has 0 aliphatic carbocycles. The van der Waals surface area contributed by atoms with Gasteiger partial charge in [0.15, 0.2) is 11.6 Å². The van der Waals surface area contributed by atoms with Crippen molar-refractivity contribution in [3.05, 3.63) is 35.7 Å². The van der Waals surface area contributed by atoms with Crippen LogP contribution in [0.3, 0.4) is 0 Å². The number of amides is 1. The van der Waals surface area contributed by atoms with E-state index < -0.39 is 11.7 Å². The maximum atomic E-state index is 13.3. The zero-order valence-corrected chi connectivity index (χ0v) is 11.4. The molecule has 0 aliphatic rings. The van der Waals surface area contributed by atoms with Gasteiger partial charge >= 0.3 is 0 Å². The number of benzene rings is 1. The molecule has 0 bridgehead atoms. The van der Waals surface area contributed by atoms with Crippen molar-refractivity contribution in [2.45, 2.75) is 19.8 Å². The summed E-state index contributed by atoms with van der Waals surface area (Å²) in [6, 6.07) is 4.04. The first kappa shape index (κ1) is 14.0. The third-order valence-corrected chi connectivity index (χ3v) is 2.66. The van der Waals surface area contributed by atoms with Crippen LogP contribution < -0.4 is 10.1 Å². The molecule has 0 spiro atoms. The second kappa shape index (κ2) is 5.68. The molecule has 0 aliphatic heterocycles. The van der Waals surface area contributed by atoms with E-state index in [1.165, 1.54) is 25.3 Å². The Kier molecular flexibility index (Phi) is 3.97. The Morgan fingerprint density at radius 2 is 2.20 bits per heavy atom. The number of hydrogen-bond donors (Lipinski definition) is 2. The highest BCUT2D eigenvalue weighted by Gasteiger charge is 2.15. The second-order valence-corrected chi connectivity index (χ2v) is 4.50. The van der Waals surface area contributed by atoms with Gasteiger partial charge in [-0.3, -0.25) is 9.89 Å². The Labute approximate surface area is 115 Å². The Bertz CT molecular complexity index is 625. The minimum absolute atomic E-state index is 0.0389. The van der Waals surface area contributed by atoms with Crippen LogP contribution in [0.5, 0.6) is 5.75 Å². The fraction of sp³-hybridized carbons (Fsp3) is 0.308. The summed E-state index contributed by atoms with van der Waals surface area (Å²) >= 11 is 0. The van der Waals surface area contributed by atoms with E-state index in [2.05, 4.69) is 20.5 Å². The lowest BCUT2D eigenvalue weighted by atomic mass is 10.2. The fourth-order valence-electron chi connectivity index (χ4n) is 1.56. The highest BCUT2D eigenvalue weighted by atomic mass is 19.1. The average molecular weight is 278 g/mol. The summed E-state index contributed by atoms with van der Waals surface area (Å²) in [6.07, 6.45) is 0. The van der Waals surface area contributed by atoms with Crippen molar-refractivity contribution >= 4 is 11.6 Å². The molecule has 7 heteroatoms. The molecule has 0 atom stereocenters. The first-order valence-corrected chi connectivity index (χ1v) is 6.08. The van der Waals surface area contributed by atoms with Gasteiger partial charge in [-0.05, 0) is 12.1 Å². The highest BCUT2D eigenvalue weighted by molar-refractivity contribution is 6.01. The van der Waals surface area contributed by atoms with Crippen molar-refractivity contribution in [3.63, 3.8) is 0 Å². The van der Waals surface area contributed by atoms with Gasteiger partial charge in [0.2, 0.25) is 5.82 Å². The largest absolute Gasteiger partial charge is 0.494 e. The number of aromatic nitrogens is 3. The molecule has 106 valence electrons. The highest BCUT2D eigenvalue weighted by Crippen LogP contribution is 2.21. The smallest absolute Gasteiger partial charge is 0.295 e. The fourth-order valence-corrected chi connectivity index (χ4v) is 1.56. The van der Waals surface area contributed by atoms with Gasteiger partial charge in [0, 0.05) is 17.7 Å². The minimum Gasteiger partial charge on any atom is -0.494 e. The monoisotopic (exact) mass is 278 g/mol. The van der Waals surface area contributed by atoms with Crippen molar-refractivity contribution in [2.75, 3.05) is 12.4 Å². The molecular weight excluding hydrogens is 263 g/mol. The average Bonchev–Trinajstić information content (AvgIpc) is 2.91.